The second kappa shape index (κ2) is 7.18. The van der Waals surface area contributed by atoms with Gasteiger partial charge >= 0.3 is 0 Å². The fraction of sp³-hybridized carbons (Fsp3) is 0.588. The molecule has 0 saturated heterocycles. The molecule has 0 unspecified atom stereocenters. The molecule has 0 aliphatic rings. The van der Waals surface area contributed by atoms with Crippen molar-refractivity contribution < 1.29 is 4.79 Å². The van der Waals surface area contributed by atoms with E-state index < -0.39 is 0 Å². The molecule has 4 nitrogen and oxygen atoms in total. The van der Waals surface area contributed by atoms with Crippen LogP contribution in [0.5, 0.6) is 0 Å². The number of amides is 1. The number of aryl methyl sites for hydroxylation is 2. The van der Waals surface area contributed by atoms with Crippen LogP contribution < -0.4 is 0 Å². The van der Waals surface area contributed by atoms with E-state index in [2.05, 4.69) is 51.5 Å². The molecule has 2 aromatic heterocycles. The summed E-state index contributed by atoms with van der Waals surface area (Å²) >= 11 is 3.22. The Kier molecular flexibility index (Phi) is 5.68. The fourth-order valence-electron chi connectivity index (χ4n) is 2.77. The third kappa shape index (κ3) is 3.69. The maximum Gasteiger partial charge on any atom is 0.236 e. The minimum Gasteiger partial charge on any atom is -0.337 e. The van der Waals surface area contributed by atoms with E-state index in [-0.39, 0.29) is 23.2 Å². The van der Waals surface area contributed by atoms with Gasteiger partial charge in [0.15, 0.2) is 0 Å². The second-order valence-corrected chi connectivity index (χ2v) is 8.87. The minimum atomic E-state index is -0.169. The fourth-order valence-corrected chi connectivity index (χ4v) is 4.87. The molecule has 126 valence electrons. The lowest BCUT2D eigenvalue weighted by Gasteiger charge is -2.32. The largest absolute Gasteiger partial charge is 0.337 e. The SMILES string of the molecule is Cc1sc2ncnc(S[C@H](C)C(=O)N(C(C)C)C(C)C)c2c1C. The van der Waals surface area contributed by atoms with Gasteiger partial charge in [0.25, 0.3) is 0 Å². The first-order valence-corrected chi connectivity index (χ1v) is 9.63. The Morgan fingerprint density at radius 3 is 2.30 bits per heavy atom. The van der Waals surface area contributed by atoms with Crippen molar-refractivity contribution in [1.29, 1.82) is 0 Å². The number of hydrogen-bond acceptors (Lipinski definition) is 5. The summed E-state index contributed by atoms with van der Waals surface area (Å²) in [5.74, 6) is 0.163. The molecule has 6 heteroatoms. The van der Waals surface area contributed by atoms with E-state index >= 15 is 0 Å². The lowest BCUT2D eigenvalue weighted by molar-refractivity contribution is -0.133. The van der Waals surface area contributed by atoms with Gasteiger partial charge in [-0.2, -0.15) is 0 Å². The molecular formula is C17H25N3OS2. The van der Waals surface area contributed by atoms with Gasteiger partial charge in [-0.3, -0.25) is 4.79 Å². The maximum atomic E-state index is 12.8. The standard InChI is InChI=1S/C17H25N3OS2/c1-9(2)20(10(3)4)17(21)13(7)23-16-14-11(5)12(6)22-15(14)18-8-19-16/h8-10,13H,1-7H3/t13-/m1/s1. The highest BCUT2D eigenvalue weighted by Crippen LogP contribution is 2.36. The van der Waals surface area contributed by atoms with Crippen molar-refractivity contribution in [2.45, 2.75) is 70.8 Å². The number of aromatic nitrogens is 2. The number of hydrogen-bond donors (Lipinski definition) is 0. The molecular weight excluding hydrogens is 326 g/mol. The quantitative estimate of drug-likeness (QED) is 0.590. The van der Waals surface area contributed by atoms with Gasteiger partial charge in [-0.05, 0) is 54.0 Å². The van der Waals surface area contributed by atoms with Crippen LogP contribution in [0.2, 0.25) is 0 Å². The van der Waals surface area contributed by atoms with Crippen LogP contribution in [0, 0.1) is 13.8 Å². The van der Waals surface area contributed by atoms with Crippen molar-refractivity contribution in [3.63, 3.8) is 0 Å². The molecule has 0 fully saturated rings. The number of rotatable bonds is 5. The zero-order valence-electron chi connectivity index (χ0n) is 14.9. The summed E-state index contributed by atoms with van der Waals surface area (Å²) in [5, 5.41) is 1.84. The van der Waals surface area contributed by atoms with E-state index in [9.17, 15) is 4.79 Å². The molecule has 0 N–H and O–H groups in total. The molecule has 0 aliphatic heterocycles. The monoisotopic (exact) mass is 351 g/mol. The minimum absolute atomic E-state index is 0.163. The third-order valence-corrected chi connectivity index (χ3v) is 6.14. The van der Waals surface area contributed by atoms with Gasteiger partial charge in [-0.1, -0.05) is 11.8 Å². The number of fused-ring (bicyclic) bond motifs is 1. The lowest BCUT2D eigenvalue weighted by atomic mass is 10.2. The molecule has 0 aliphatic carbocycles. The van der Waals surface area contributed by atoms with Crippen LogP contribution in [0.4, 0.5) is 0 Å². The Morgan fingerprint density at radius 1 is 1.13 bits per heavy atom. The van der Waals surface area contributed by atoms with Gasteiger partial charge < -0.3 is 4.90 Å². The van der Waals surface area contributed by atoms with E-state index in [0.717, 1.165) is 15.2 Å². The van der Waals surface area contributed by atoms with Crippen LogP contribution in [-0.4, -0.2) is 38.1 Å². The highest BCUT2D eigenvalue weighted by atomic mass is 32.2. The Morgan fingerprint density at radius 2 is 1.74 bits per heavy atom. The smallest absolute Gasteiger partial charge is 0.236 e. The van der Waals surface area contributed by atoms with Crippen molar-refractivity contribution in [3.05, 3.63) is 16.8 Å². The van der Waals surface area contributed by atoms with Crippen LogP contribution in [0.15, 0.2) is 11.4 Å². The predicted octanol–water partition coefficient (Wildman–Crippen LogP) is 4.43. The summed E-state index contributed by atoms with van der Waals surface area (Å²) in [5.41, 5.74) is 1.22. The second-order valence-electron chi connectivity index (χ2n) is 6.34. The number of carbonyl (C=O) groups is 1. The van der Waals surface area contributed by atoms with E-state index in [0.29, 0.717) is 0 Å². The maximum absolute atomic E-state index is 12.8. The van der Waals surface area contributed by atoms with E-state index in [4.69, 9.17) is 0 Å². The van der Waals surface area contributed by atoms with Gasteiger partial charge in [0.2, 0.25) is 5.91 Å². The first-order chi connectivity index (χ1) is 10.7. The molecule has 0 saturated carbocycles. The number of thiophene rings is 1. The average Bonchev–Trinajstić information content (AvgIpc) is 2.74. The van der Waals surface area contributed by atoms with E-state index in [1.807, 2.05) is 11.8 Å². The van der Waals surface area contributed by atoms with E-state index in [1.54, 1.807) is 17.7 Å². The molecule has 0 aromatic carbocycles. The topological polar surface area (TPSA) is 46.1 Å². The Labute approximate surface area is 146 Å². The number of nitrogens with zero attached hydrogens (tertiary/aromatic N) is 3. The first-order valence-electron chi connectivity index (χ1n) is 7.93. The zero-order chi connectivity index (χ0) is 17.3. The van der Waals surface area contributed by atoms with Gasteiger partial charge in [-0.25, -0.2) is 9.97 Å². The van der Waals surface area contributed by atoms with Gasteiger partial charge in [0.1, 0.15) is 16.2 Å². The Balaban J connectivity index is 2.30. The van der Waals surface area contributed by atoms with Crippen molar-refractivity contribution in [2.24, 2.45) is 0 Å². The molecule has 1 amide bonds. The summed E-state index contributed by atoms with van der Waals surface area (Å²) in [6.07, 6.45) is 1.60. The third-order valence-electron chi connectivity index (χ3n) is 3.93. The normalized spacial score (nSPS) is 13.1. The summed E-state index contributed by atoms with van der Waals surface area (Å²) in [7, 11) is 0. The van der Waals surface area contributed by atoms with Crippen LogP contribution in [0.3, 0.4) is 0 Å². The Bertz CT molecular complexity index is 701. The van der Waals surface area contributed by atoms with Crippen LogP contribution in [0.25, 0.3) is 10.2 Å². The highest BCUT2D eigenvalue weighted by molar-refractivity contribution is 8.00. The molecule has 23 heavy (non-hydrogen) atoms. The number of thioether (sulfide) groups is 1. The Hall–Kier alpha value is -1.14. The van der Waals surface area contributed by atoms with Crippen molar-refractivity contribution in [3.8, 4) is 0 Å². The van der Waals surface area contributed by atoms with Crippen LogP contribution in [-0.2, 0) is 4.79 Å². The van der Waals surface area contributed by atoms with E-state index in [1.165, 1.54) is 22.2 Å². The van der Waals surface area contributed by atoms with Gasteiger partial charge in [0, 0.05) is 22.3 Å². The number of carbonyl (C=O) groups excluding carboxylic acids is 1. The van der Waals surface area contributed by atoms with Crippen LogP contribution >= 0.6 is 23.1 Å². The molecule has 2 heterocycles. The molecule has 0 spiro atoms. The summed E-state index contributed by atoms with van der Waals surface area (Å²) in [4.78, 5) is 25.8. The average molecular weight is 352 g/mol. The summed E-state index contributed by atoms with van der Waals surface area (Å²) in [6.45, 7) is 14.4. The van der Waals surface area contributed by atoms with Crippen LogP contribution in [0.1, 0.15) is 45.1 Å². The summed E-state index contributed by atoms with van der Waals surface area (Å²) < 4.78 is 0. The van der Waals surface area contributed by atoms with Crippen molar-refractivity contribution in [1.82, 2.24) is 14.9 Å². The predicted molar refractivity (Wildman–Crippen MR) is 99.3 cm³/mol. The van der Waals surface area contributed by atoms with Gasteiger partial charge in [-0.15, -0.1) is 11.3 Å². The summed E-state index contributed by atoms with van der Waals surface area (Å²) in [6, 6.07) is 0.391. The first kappa shape index (κ1) is 18.2. The van der Waals surface area contributed by atoms with Crippen molar-refractivity contribution >= 4 is 39.2 Å². The molecule has 2 aromatic rings. The lowest BCUT2D eigenvalue weighted by Crippen LogP contribution is -2.45. The highest BCUT2D eigenvalue weighted by Gasteiger charge is 2.27. The van der Waals surface area contributed by atoms with Gasteiger partial charge in [0.05, 0.1) is 5.25 Å². The molecule has 0 radical (unpaired) electrons. The molecule has 1 atom stereocenters. The molecule has 0 bridgehead atoms. The van der Waals surface area contributed by atoms with Crippen molar-refractivity contribution in [2.75, 3.05) is 0 Å². The molecule has 2 rings (SSSR count). The zero-order valence-corrected chi connectivity index (χ0v) is 16.5.